The number of anilines is 1. The maximum atomic E-state index is 12.2. The topological polar surface area (TPSA) is 61.4 Å². The number of nitrogens with zero attached hydrogens (tertiary/aromatic N) is 4. The van der Waals surface area contributed by atoms with Crippen LogP contribution in [0.25, 0.3) is 0 Å². The molecule has 0 aromatic carbocycles. The number of amides is 1. The molecule has 1 aliphatic heterocycles. The predicted molar refractivity (Wildman–Crippen MR) is 88.3 cm³/mol. The van der Waals surface area contributed by atoms with Crippen molar-refractivity contribution in [1.29, 1.82) is 0 Å². The summed E-state index contributed by atoms with van der Waals surface area (Å²) in [4.78, 5) is 25.6. The molecule has 0 bridgehead atoms. The van der Waals surface area contributed by atoms with Gasteiger partial charge in [-0.15, -0.1) is 0 Å². The molecule has 1 aromatic rings. The third kappa shape index (κ3) is 4.66. The van der Waals surface area contributed by atoms with Gasteiger partial charge in [-0.05, 0) is 32.4 Å². The molecule has 2 rings (SSSR count). The Morgan fingerprint density at radius 1 is 1.27 bits per heavy atom. The number of rotatable bonds is 5. The Kier molecular flexibility index (Phi) is 5.71. The molecular formula is C16H27N5O. The lowest BCUT2D eigenvalue weighted by Gasteiger charge is -2.32. The normalized spacial score (nSPS) is 16.1. The number of aryl methyl sites for hydroxylation is 1. The highest BCUT2D eigenvalue weighted by Crippen LogP contribution is 2.13. The van der Waals surface area contributed by atoms with Crippen LogP contribution in [-0.2, 0) is 0 Å². The molecular weight excluding hydrogens is 278 g/mol. The van der Waals surface area contributed by atoms with Crippen LogP contribution in [0.4, 0.5) is 5.95 Å². The van der Waals surface area contributed by atoms with Crippen LogP contribution in [0.1, 0.15) is 36.5 Å². The Bertz CT molecular complexity index is 509. The Labute approximate surface area is 132 Å². The lowest BCUT2D eigenvalue weighted by Crippen LogP contribution is -2.45. The van der Waals surface area contributed by atoms with E-state index in [1.165, 1.54) is 0 Å². The number of hydrogen-bond donors (Lipinski definition) is 1. The molecule has 2 heterocycles. The second-order valence-corrected chi connectivity index (χ2v) is 6.42. The monoisotopic (exact) mass is 305 g/mol. The number of carbonyl (C=O) groups is 1. The van der Waals surface area contributed by atoms with Crippen molar-refractivity contribution in [2.75, 3.05) is 44.7 Å². The highest BCUT2D eigenvalue weighted by atomic mass is 16.1. The van der Waals surface area contributed by atoms with E-state index in [0.29, 0.717) is 24.1 Å². The van der Waals surface area contributed by atoms with Crippen LogP contribution in [0.5, 0.6) is 0 Å². The van der Waals surface area contributed by atoms with Gasteiger partial charge < -0.3 is 15.1 Å². The largest absolute Gasteiger partial charge is 0.351 e. The van der Waals surface area contributed by atoms with Gasteiger partial charge in [-0.2, -0.15) is 0 Å². The highest BCUT2D eigenvalue weighted by Gasteiger charge is 2.18. The van der Waals surface area contributed by atoms with E-state index in [4.69, 9.17) is 0 Å². The van der Waals surface area contributed by atoms with E-state index in [1.807, 2.05) is 6.92 Å². The SMILES string of the molecule is Cc1cc(C(=O)NCCC(C)C)nc(N2CCN(C)CC2)n1. The van der Waals surface area contributed by atoms with Crippen molar-refractivity contribution in [3.05, 3.63) is 17.5 Å². The maximum Gasteiger partial charge on any atom is 0.270 e. The first kappa shape index (κ1) is 16.7. The number of piperazine rings is 1. The zero-order valence-electron chi connectivity index (χ0n) is 14.1. The summed E-state index contributed by atoms with van der Waals surface area (Å²) in [5.41, 5.74) is 1.29. The molecule has 0 saturated carbocycles. The van der Waals surface area contributed by atoms with E-state index < -0.39 is 0 Å². The average molecular weight is 305 g/mol. The van der Waals surface area contributed by atoms with E-state index >= 15 is 0 Å². The molecule has 0 aliphatic carbocycles. The van der Waals surface area contributed by atoms with Crippen LogP contribution in [0.15, 0.2) is 6.07 Å². The summed E-state index contributed by atoms with van der Waals surface area (Å²) in [6, 6.07) is 1.75. The summed E-state index contributed by atoms with van der Waals surface area (Å²) in [7, 11) is 2.11. The maximum absolute atomic E-state index is 12.2. The van der Waals surface area contributed by atoms with Crippen molar-refractivity contribution in [2.45, 2.75) is 27.2 Å². The summed E-state index contributed by atoms with van der Waals surface area (Å²) in [5.74, 6) is 1.14. The van der Waals surface area contributed by atoms with Crippen LogP contribution in [0.3, 0.4) is 0 Å². The van der Waals surface area contributed by atoms with Crippen LogP contribution < -0.4 is 10.2 Å². The fourth-order valence-corrected chi connectivity index (χ4v) is 2.38. The highest BCUT2D eigenvalue weighted by molar-refractivity contribution is 5.92. The summed E-state index contributed by atoms with van der Waals surface area (Å²) >= 11 is 0. The molecule has 1 aliphatic rings. The molecule has 1 N–H and O–H groups in total. The summed E-state index contributed by atoms with van der Waals surface area (Å²) in [6.45, 7) is 10.7. The van der Waals surface area contributed by atoms with Gasteiger partial charge >= 0.3 is 0 Å². The van der Waals surface area contributed by atoms with Crippen molar-refractivity contribution in [3.8, 4) is 0 Å². The smallest absolute Gasteiger partial charge is 0.270 e. The zero-order valence-corrected chi connectivity index (χ0v) is 14.1. The molecule has 6 nitrogen and oxygen atoms in total. The quantitative estimate of drug-likeness (QED) is 0.889. The van der Waals surface area contributed by atoms with E-state index in [0.717, 1.165) is 38.3 Å². The minimum Gasteiger partial charge on any atom is -0.351 e. The summed E-state index contributed by atoms with van der Waals surface area (Å²) in [5, 5.41) is 2.94. The van der Waals surface area contributed by atoms with Gasteiger partial charge in [0, 0.05) is 38.4 Å². The van der Waals surface area contributed by atoms with Gasteiger partial charge in [-0.1, -0.05) is 13.8 Å². The Hall–Kier alpha value is -1.69. The van der Waals surface area contributed by atoms with Crippen molar-refractivity contribution in [3.63, 3.8) is 0 Å². The standard InChI is InChI=1S/C16H27N5O/c1-12(2)5-6-17-15(22)14-11-13(3)18-16(19-14)21-9-7-20(4)8-10-21/h11-12H,5-10H2,1-4H3,(H,17,22). The number of hydrogen-bond acceptors (Lipinski definition) is 5. The molecule has 122 valence electrons. The third-order valence-electron chi connectivity index (χ3n) is 3.87. The van der Waals surface area contributed by atoms with Gasteiger partial charge in [-0.3, -0.25) is 4.79 Å². The van der Waals surface area contributed by atoms with Gasteiger partial charge in [0.05, 0.1) is 0 Å². The van der Waals surface area contributed by atoms with E-state index in [9.17, 15) is 4.79 Å². The van der Waals surface area contributed by atoms with Crippen LogP contribution in [0.2, 0.25) is 0 Å². The minimum atomic E-state index is -0.110. The number of likely N-dealkylation sites (N-methyl/N-ethyl adjacent to an activating group) is 1. The molecule has 0 unspecified atom stereocenters. The predicted octanol–water partition coefficient (Wildman–Crippen LogP) is 1.31. The van der Waals surface area contributed by atoms with Crippen molar-refractivity contribution < 1.29 is 4.79 Å². The second kappa shape index (κ2) is 7.54. The lowest BCUT2D eigenvalue weighted by atomic mass is 10.1. The fourth-order valence-electron chi connectivity index (χ4n) is 2.38. The molecule has 0 atom stereocenters. The molecule has 1 saturated heterocycles. The second-order valence-electron chi connectivity index (χ2n) is 6.42. The molecule has 22 heavy (non-hydrogen) atoms. The Morgan fingerprint density at radius 2 is 1.95 bits per heavy atom. The van der Waals surface area contributed by atoms with E-state index in [-0.39, 0.29) is 5.91 Å². The molecule has 6 heteroatoms. The molecule has 0 spiro atoms. The number of carbonyl (C=O) groups excluding carboxylic acids is 1. The Balaban J connectivity index is 2.04. The Morgan fingerprint density at radius 3 is 2.59 bits per heavy atom. The van der Waals surface area contributed by atoms with Crippen LogP contribution in [-0.4, -0.2) is 60.5 Å². The van der Waals surface area contributed by atoms with Crippen LogP contribution in [0, 0.1) is 12.8 Å². The van der Waals surface area contributed by atoms with Crippen molar-refractivity contribution >= 4 is 11.9 Å². The number of aromatic nitrogens is 2. The van der Waals surface area contributed by atoms with Crippen molar-refractivity contribution in [2.24, 2.45) is 5.92 Å². The van der Waals surface area contributed by atoms with Crippen LogP contribution >= 0.6 is 0 Å². The lowest BCUT2D eigenvalue weighted by molar-refractivity contribution is 0.0946. The zero-order chi connectivity index (χ0) is 16.1. The third-order valence-corrected chi connectivity index (χ3v) is 3.87. The fraction of sp³-hybridized carbons (Fsp3) is 0.688. The molecule has 1 amide bonds. The van der Waals surface area contributed by atoms with E-state index in [2.05, 4.69) is 46.0 Å². The van der Waals surface area contributed by atoms with Gasteiger partial charge in [0.15, 0.2) is 0 Å². The molecule has 1 aromatic heterocycles. The first-order valence-corrected chi connectivity index (χ1v) is 8.03. The number of nitrogens with one attached hydrogen (secondary N) is 1. The van der Waals surface area contributed by atoms with Crippen molar-refractivity contribution in [1.82, 2.24) is 20.2 Å². The first-order valence-electron chi connectivity index (χ1n) is 8.03. The summed E-state index contributed by atoms with van der Waals surface area (Å²) < 4.78 is 0. The summed E-state index contributed by atoms with van der Waals surface area (Å²) in [6.07, 6.45) is 0.973. The molecule has 1 fully saturated rings. The van der Waals surface area contributed by atoms with Gasteiger partial charge in [0.1, 0.15) is 5.69 Å². The first-order chi connectivity index (χ1) is 10.5. The van der Waals surface area contributed by atoms with Gasteiger partial charge in [0.2, 0.25) is 5.95 Å². The molecule has 0 radical (unpaired) electrons. The van der Waals surface area contributed by atoms with Gasteiger partial charge in [-0.25, -0.2) is 9.97 Å². The van der Waals surface area contributed by atoms with E-state index in [1.54, 1.807) is 6.07 Å². The minimum absolute atomic E-state index is 0.110. The van der Waals surface area contributed by atoms with Gasteiger partial charge in [0.25, 0.3) is 5.91 Å². The average Bonchev–Trinajstić information content (AvgIpc) is 2.46.